The van der Waals surface area contributed by atoms with E-state index in [1.165, 1.54) is 5.69 Å². The molecule has 0 saturated carbocycles. The van der Waals surface area contributed by atoms with Crippen molar-refractivity contribution in [3.05, 3.63) is 30.3 Å². The van der Waals surface area contributed by atoms with Crippen LogP contribution in [0.25, 0.3) is 0 Å². The van der Waals surface area contributed by atoms with Gasteiger partial charge in [-0.15, -0.1) is 0 Å². The largest absolute Gasteiger partial charge is 0.466 e. The molecule has 27 heavy (non-hydrogen) atoms. The van der Waals surface area contributed by atoms with Gasteiger partial charge < -0.3 is 19.9 Å². The van der Waals surface area contributed by atoms with Gasteiger partial charge in [-0.3, -0.25) is 9.79 Å². The molecule has 1 atom stereocenters. The number of likely N-dealkylation sites (tertiary alicyclic amines) is 1. The number of unbranched alkanes of at least 4 members (excludes halogenated alkanes) is 1. The summed E-state index contributed by atoms with van der Waals surface area (Å²) < 4.78 is 5.18. The molecule has 1 N–H and O–H groups in total. The molecule has 1 aromatic rings. The number of nitrogens with zero attached hydrogens (tertiary/aromatic N) is 3. The highest BCUT2D eigenvalue weighted by Gasteiger charge is 2.28. The topological polar surface area (TPSA) is 57.2 Å². The van der Waals surface area contributed by atoms with Crippen LogP contribution in [0.15, 0.2) is 35.3 Å². The summed E-state index contributed by atoms with van der Waals surface area (Å²) in [6.45, 7) is 5.84. The maximum atomic E-state index is 12.0. The highest BCUT2D eigenvalue weighted by Crippen LogP contribution is 2.18. The quantitative estimate of drug-likeness (QED) is 0.328. The van der Waals surface area contributed by atoms with Crippen LogP contribution in [0.3, 0.4) is 0 Å². The number of nitrogens with one attached hydrogen (secondary N) is 1. The molecule has 0 aliphatic carbocycles. The standard InChI is InChI=1S/C21H34N4O2/c1-4-27-20(26)18-11-10-16-25(17-18)21(22-2)23-14-8-9-15-24(3)19-12-6-5-7-13-19/h5-7,12-13,18H,4,8-11,14-17H2,1-3H3,(H,22,23). The van der Waals surface area contributed by atoms with Gasteiger partial charge in [-0.1, -0.05) is 18.2 Å². The summed E-state index contributed by atoms with van der Waals surface area (Å²) in [5, 5.41) is 3.45. The van der Waals surface area contributed by atoms with Crippen LogP contribution in [-0.4, -0.2) is 63.7 Å². The van der Waals surface area contributed by atoms with Crippen molar-refractivity contribution in [3.8, 4) is 0 Å². The Bertz CT molecular complexity index is 591. The second-order valence-corrected chi connectivity index (χ2v) is 6.98. The molecule has 1 heterocycles. The highest BCUT2D eigenvalue weighted by molar-refractivity contribution is 5.81. The number of piperidine rings is 1. The maximum absolute atomic E-state index is 12.0. The van der Waals surface area contributed by atoms with Crippen LogP contribution >= 0.6 is 0 Å². The van der Waals surface area contributed by atoms with Crippen molar-refractivity contribution in [2.24, 2.45) is 10.9 Å². The lowest BCUT2D eigenvalue weighted by atomic mass is 9.98. The average Bonchev–Trinajstić information content (AvgIpc) is 2.71. The number of esters is 1. The van der Waals surface area contributed by atoms with Gasteiger partial charge in [-0.05, 0) is 44.7 Å². The first kappa shape index (κ1) is 21.1. The van der Waals surface area contributed by atoms with E-state index in [0.29, 0.717) is 13.2 Å². The van der Waals surface area contributed by atoms with Crippen molar-refractivity contribution >= 4 is 17.6 Å². The SMILES string of the molecule is CCOC(=O)C1CCCN(C(=NC)NCCCCN(C)c2ccccc2)C1. The number of anilines is 1. The lowest BCUT2D eigenvalue weighted by Gasteiger charge is -2.34. The lowest BCUT2D eigenvalue weighted by Crippen LogP contribution is -2.48. The molecule has 2 rings (SSSR count). The molecular formula is C21H34N4O2. The fourth-order valence-electron chi connectivity index (χ4n) is 3.44. The van der Waals surface area contributed by atoms with E-state index in [0.717, 1.165) is 51.3 Å². The first-order chi connectivity index (χ1) is 13.2. The van der Waals surface area contributed by atoms with E-state index in [4.69, 9.17) is 4.74 Å². The number of carbonyl (C=O) groups excluding carboxylic acids is 1. The molecule has 6 nitrogen and oxygen atoms in total. The Morgan fingerprint density at radius 2 is 2.11 bits per heavy atom. The molecule has 6 heteroatoms. The molecule has 1 fully saturated rings. The van der Waals surface area contributed by atoms with Crippen molar-refractivity contribution in [1.82, 2.24) is 10.2 Å². The fourth-order valence-corrected chi connectivity index (χ4v) is 3.44. The van der Waals surface area contributed by atoms with E-state index >= 15 is 0 Å². The van der Waals surface area contributed by atoms with Gasteiger partial charge in [0, 0.05) is 46.0 Å². The zero-order valence-electron chi connectivity index (χ0n) is 17.0. The number of carbonyl (C=O) groups is 1. The Balaban J connectivity index is 1.70. The van der Waals surface area contributed by atoms with Gasteiger partial charge in [0.25, 0.3) is 0 Å². The number of ether oxygens (including phenoxy) is 1. The molecule has 150 valence electrons. The zero-order chi connectivity index (χ0) is 19.5. The first-order valence-electron chi connectivity index (χ1n) is 10.0. The van der Waals surface area contributed by atoms with Gasteiger partial charge in [0.05, 0.1) is 12.5 Å². The Labute approximate surface area is 163 Å². The summed E-state index contributed by atoms with van der Waals surface area (Å²) in [6, 6.07) is 10.5. The normalized spacial score (nSPS) is 17.5. The van der Waals surface area contributed by atoms with E-state index in [2.05, 4.69) is 51.4 Å². The number of aliphatic imine (C=N–C) groups is 1. The molecule has 1 aliphatic rings. The Hall–Kier alpha value is -2.24. The monoisotopic (exact) mass is 374 g/mol. The second kappa shape index (κ2) is 11.5. The van der Waals surface area contributed by atoms with Gasteiger partial charge in [0.15, 0.2) is 5.96 Å². The number of hydrogen-bond donors (Lipinski definition) is 1. The third kappa shape index (κ3) is 6.77. The van der Waals surface area contributed by atoms with Crippen LogP contribution in [0, 0.1) is 5.92 Å². The average molecular weight is 375 g/mol. The van der Waals surface area contributed by atoms with Crippen LogP contribution in [0.4, 0.5) is 5.69 Å². The predicted octanol–water partition coefficient (Wildman–Crippen LogP) is 2.75. The minimum Gasteiger partial charge on any atom is -0.466 e. The van der Waals surface area contributed by atoms with Crippen molar-refractivity contribution in [2.75, 3.05) is 51.8 Å². The van der Waals surface area contributed by atoms with Gasteiger partial charge in [0.2, 0.25) is 0 Å². The fraction of sp³-hybridized carbons (Fsp3) is 0.619. The van der Waals surface area contributed by atoms with E-state index < -0.39 is 0 Å². The smallest absolute Gasteiger partial charge is 0.310 e. The first-order valence-corrected chi connectivity index (χ1v) is 10.0. The lowest BCUT2D eigenvalue weighted by molar-refractivity contribution is -0.149. The Kier molecular flexibility index (Phi) is 8.95. The molecular weight excluding hydrogens is 340 g/mol. The minimum atomic E-state index is -0.0818. The van der Waals surface area contributed by atoms with E-state index in [1.807, 2.05) is 13.0 Å². The molecule has 1 unspecified atom stereocenters. The Morgan fingerprint density at radius 3 is 2.81 bits per heavy atom. The van der Waals surface area contributed by atoms with Crippen LogP contribution < -0.4 is 10.2 Å². The van der Waals surface area contributed by atoms with Crippen molar-refractivity contribution in [3.63, 3.8) is 0 Å². The van der Waals surface area contributed by atoms with Gasteiger partial charge in [-0.25, -0.2) is 0 Å². The highest BCUT2D eigenvalue weighted by atomic mass is 16.5. The van der Waals surface area contributed by atoms with Gasteiger partial charge in [-0.2, -0.15) is 0 Å². The molecule has 1 aliphatic heterocycles. The number of guanidine groups is 1. The zero-order valence-corrected chi connectivity index (χ0v) is 17.0. The molecule has 0 radical (unpaired) electrons. The second-order valence-electron chi connectivity index (χ2n) is 6.98. The third-order valence-corrected chi connectivity index (χ3v) is 4.95. The van der Waals surface area contributed by atoms with Gasteiger partial charge >= 0.3 is 5.97 Å². The van der Waals surface area contributed by atoms with Crippen molar-refractivity contribution < 1.29 is 9.53 Å². The summed E-state index contributed by atoms with van der Waals surface area (Å²) >= 11 is 0. The van der Waals surface area contributed by atoms with E-state index in [1.54, 1.807) is 7.05 Å². The molecule has 0 amide bonds. The van der Waals surface area contributed by atoms with Crippen molar-refractivity contribution in [1.29, 1.82) is 0 Å². The van der Waals surface area contributed by atoms with E-state index in [-0.39, 0.29) is 11.9 Å². The molecule has 1 aromatic carbocycles. The van der Waals surface area contributed by atoms with Crippen LogP contribution in [0.1, 0.15) is 32.6 Å². The molecule has 0 aromatic heterocycles. The number of para-hydroxylation sites is 1. The summed E-state index contributed by atoms with van der Waals surface area (Å²) in [5.74, 6) is 0.763. The Morgan fingerprint density at radius 1 is 1.33 bits per heavy atom. The summed E-state index contributed by atoms with van der Waals surface area (Å²) in [5.41, 5.74) is 1.25. The summed E-state index contributed by atoms with van der Waals surface area (Å²) in [7, 11) is 3.93. The molecule has 1 saturated heterocycles. The molecule has 0 spiro atoms. The maximum Gasteiger partial charge on any atom is 0.310 e. The van der Waals surface area contributed by atoms with Crippen LogP contribution in [-0.2, 0) is 9.53 Å². The minimum absolute atomic E-state index is 0.0447. The van der Waals surface area contributed by atoms with Crippen molar-refractivity contribution in [2.45, 2.75) is 32.6 Å². The van der Waals surface area contributed by atoms with Crippen LogP contribution in [0.5, 0.6) is 0 Å². The number of rotatable bonds is 8. The number of hydrogen-bond acceptors (Lipinski definition) is 4. The molecule has 0 bridgehead atoms. The number of benzene rings is 1. The summed E-state index contributed by atoms with van der Waals surface area (Å²) in [4.78, 5) is 20.9. The van der Waals surface area contributed by atoms with Gasteiger partial charge in [0.1, 0.15) is 0 Å². The third-order valence-electron chi connectivity index (χ3n) is 4.95. The summed E-state index contributed by atoms with van der Waals surface area (Å²) in [6.07, 6.45) is 4.08. The van der Waals surface area contributed by atoms with E-state index in [9.17, 15) is 4.79 Å². The van der Waals surface area contributed by atoms with Crippen LogP contribution in [0.2, 0.25) is 0 Å². The predicted molar refractivity (Wildman–Crippen MR) is 111 cm³/mol.